The number of carbonyl (C=O) groups excluding carboxylic acids is 2. The largest absolute Gasteiger partial charge is 0.497 e. The predicted octanol–water partition coefficient (Wildman–Crippen LogP) is 3.84. The second kappa shape index (κ2) is 10.0. The van der Waals surface area contributed by atoms with Crippen molar-refractivity contribution < 1.29 is 22.7 Å². The lowest BCUT2D eigenvalue weighted by Gasteiger charge is -2.37. The molecule has 2 amide bonds. The minimum Gasteiger partial charge on any atom is -0.497 e. The molecule has 1 atom stereocenters. The molecule has 0 aromatic heterocycles. The molecule has 1 aliphatic heterocycles. The van der Waals surface area contributed by atoms with Gasteiger partial charge in [0.25, 0.3) is 10.0 Å². The standard InChI is InChI=1S/C27H29N3O5S/c1-17-13-18(2)26(19(3)14-17)36(33,34)30-23-8-6-5-7-22(23)29-27(32)24(30)15-25(31)28-16-20-9-11-21(35-4)12-10-20/h5-14,24H,15-16H2,1-4H3,(H,28,31)(H,29,32). The number of nitrogens with zero attached hydrogens (tertiary/aromatic N) is 1. The van der Waals surface area contributed by atoms with Crippen molar-refractivity contribution in [2.24, 2.45) is 0 Å². The van der Waals surface area contributed by atoms with Crippen molar-refractivity contribution in [3.05, 3.63) is 82.9 Å². The molecule has 188 valence electrons. The molecule has 3 aromatic carbocycles. The minimum atomic E-state index is -4.18. The molecule has 1 aliphatic rings. The fourth-order valence-corrected chi connectivity index (χ4v) is 6.65. The minimum absolute atomic E-state index is 0.140. The van der Waals surface area contributed by atoms with Gasteiger partial charge in [-0.2, -0.15) is 0 Å². The summed E-state index contributed by atoms with van der Waals surface area (Å²) in [6.45, 7) is 5.60. The van der Waals surface area contributed by atoms with Gasteiger partial charge in [0.1, 0.15) is 11.8 Å². The molecule has 36 heavy (non-hydrogen) atoms. The van der Waals surface area contributed by atoms with E-state index in [0.717, 1.165) is 15.4 Å². The van der Waals surface area contributed by atoms with E-state index in [2.05, 4.69) is 10.6 Å². The van der Waals surface area contributed by atoms with Crippen molar-refractivity contribution in [1.29, 1.82) is 0 Å². The number of fused-ring (bicyclic) bond motifs is 1. The average Bonchev–Trinajstić information content (AvgIpc) is 2.82. The molecule has 0 saturated heterocycles. The average molecular weight is 508 g/mol. The highest BCUT2D eigenvalue weighted by atomic mass is 32.2. The number of aryl methyl sites for hydroxylation is 3. The van der Waals surface area contributed by atoms with Crippen LogP contribution < -0.4 is 19.7 Å². The third-order valence-electron chi connectivity index (χ3n) is 6.13. The van der Waals surface area contributed by atoms with Gasteiger partial charge in [0, 0.05) is 6.54 Å². The van der Waals surface area contributed by atoms with Crippen LogP contribution in [0.2, 0.25) is 0 Å². The Morgan fingerprint density at radius 1 is 1.03 bits per heavy atom. The van der Waals surface area contributed by atoms with Crippen LogP contribution in [0, 0.1) is 20.8 Å². The molecule has 3 aromatic rings. The Kier molecular flexibility index (Phi) is 7.03. The van der Waals surface area contributed by atoms with E-state index >= 15 is 0 Å². The van der Waals surface area contributed by atoms with E-state index in [-0.39, 0.29) is 17.9 Å². The molecular formula is C27H29N3O5S. The van der Waals surface area contributed by atoms with Crippen LogP contribution in [0.1, 0.15) is 28.7 Å². The lowest BCUT2D eigenvalue weighted by molar-refractivity contribution is -0.125. The van der Waals surface area contributed by atoms with Crippen molar-refractivity contribution >= 4 is 33.2 Å². The Morgan fingerprint density at radius 3 is 2.31 bits per heavy atom. The number of nitrogens with one attached hydrogen (secondary N) is 2. The van der Waals surface area contributed by atoms with Crippen LogP contribution in [0.15, 0.2) is 65.6 Å². The van der Waals surface area contributed by atoms with E-state index in [0.29, 0.717) is 28.3 Å². The molecular weight excluding hydrogens is 478 g/mol. The molecule has 0 saturated carbocycles. The number of sulfonamides is 1. The molecule has 0 radical (unpaired) electrons. The molecule has 9 heteroatoms. The number of hydrogen-bond acceptors (Lipinski definition) is 5. The van der Waals surface area contributed by atoms with Crippen molar-refractivity contribution in [3.63, 3.8) is 0 Å². The fourth-order valence-electron chi connectivity index (χ4n) is 4.60. The first-order valence-corrected chi connectivity index (χ1v) is 13.0. The molecule has 1 unspecified atom stereocenters. The lowest BCUT2D eigenvalue weighted by Crippen LogP contribution is -2.53. The van der Waals surface area contributed by atoms with Crippen molar-refractivity contribution in [2.45, 2.75) is 44.7 Å². The molecule has 0 aliphatic carbocycles. The van der Waals surface area contributed by atoms with Crippen LogP contribution in [0.25, 0.3) is 0 Å². The zero-order valence-corrected chi connectivity index (χ0v) is 21.5. The molecule has 4 rings (SSSR count). The van der Waals surface area contributed by atoms with Crippen LogP contribution in [0.5, 0.6) is 5.75 Å². The Balaban J connectivity index is 1.67. The number of para-hydroxylation sites is 2. The van der Waals surface area contributed by atoms with Gasteiger partial charge in [0.2, 0.25) is 11.8 Å². The maximum atomic E-state index is 14.1. The Bertz CT molecular complexity index is 1390. The highest BCUT2D eigenvalue weighted by Crippen LogP contribution is 2.38. The van der Waals surface area contributed by atoms with Gasteiger partial charge in [-0.25, -0.2) is 8.42 Å². The van der Waals surface area contributed by atoms with Crippen LogP contribution >= 0.6 is 0 Å². The topological polar surface area (TPSA) is 105 Å². The summed E-state index contributed by atoms with van der Waals surface area (Å²) < 4.78 is 34.4. The first-order chi connectivity index (χ1) is 17.1. The van der Waals surface area contributed by atoms with Crippen LogP contribution in [0.3, 0.4) is 0 Å². The summed E-state index contributed by atoms with van der Waals surface area (Å²) in [5.74, 6) is -0.299. The second-order valence-electron chi connectivity index (χ2n) is 8.88. The van der Waals surface area contributed by atoms with Crippen molar-refractivity contribution in [3.8, 4) is 5.75 Å². The summed E-state index contributed by atoms with van der Waals surface area (Å²) in [4.78, 5) is 26.2. The van der Waals surface area contributed by atoms with Gasteiger partial charge in [-0.3, -0.25) is 13.9 Å². The summed E-state index contributed by atoms with van der Waals surface area (Å²) in [6, 6.07) is 16.3. The Hall–Kier alpha value is -3.85. The quantitative estimate of drug-likeness (QED) is 0.506. The maximum absolute atomic E-state index is 14.1. The van der Waals surface area contributed by atoms with Gasteiger partial charge < -0.3 is 15.4 Å². The van der Waals surface area contributed by atoms with E-state index in [1.807, 2.05) is 19.1 Å². The van der Waals surface area contributed by atoms with Gasteiger partial charge in [-0.05, 0) is 61.7 Å². The summed E-state index contributed by atoms with van der Waals surface area (Å²) in [6.07, 6.45) is -0.334. The third kappa shape index (κ3) is 4.92. The van der Waals surface area contributed by atoms with E-state index in [4.69, 9.17) is 4.74 Å². The molecule has 1 heterocycles. The van der Waals surface area contributed by atoms with Crippen molar-refractivity contribution in [1.82, 2.24) is 5.32 Å². The number of amides is 2. The molecule has 0 bridgehead atoms. The first kappa shape index (κ1) is 25.2. The number of anilines is 2. The molecule has 8 nitrogen and oxygen atoms in total. The number of ether oxygens (including phenoxy) is 1. The lowest BCUT2D eigenvalue weighted by atomic mass is 10.1. The zero-order valence-electron chi connectivity index (χ0n) is 20.7. The normalized spacial score (nSPS) is 15.2. The summed E-state index contributed by atoms with van der Waals surface area (Å²) in [5, 5.41) is 5.54. The van der Waals surface area contributed by atoms with Crippen molar-refractivity contribution in [2.75, 3.05) is 16.7 Å². The van der Waals surface area contributed by atoms with E-state index in [1.165, 1.54) is 0 Å². The number of methoxy groups -OCH3 is 1. The second-order valence-corrected chi connectivity index (χ2v) is 10.6. The maximum Gasteiger partial charge on any atom is 0.265 e. The number of rotatable bonds is 7. The number of hydrogen-bond donors (Lipinski definition) is 2. The van der Waals surface area contributed by atoms with E-state index < -0.39 is 27.9 Å². The van der Waals surface area contributed by atoms with E-state index in [1.54, 1.807) is 69.5 Å². The van der Waals surface area contributed by atoms with Crippen LogP contribution in [-0.4, -0.2) is 33.4 Å². The molecule has 2 N–H and O–H groups in total. The van der Waals surface area contributed by atoms with Gasteiger partial charge in [-0.1, -0.05) is 42.0 Å². The summed E-state index contributed by atoms with van der Waals surface area (Å²) in [7, 11) is -2.60. The monoisotopic (exact) mass is 507 g/mol. The molecule has 0 spiro atoms. The Morgan fingerprint density at radius 2 is 1.67 bits per heavy atom. The summed E-state index contributed by atoms with van der Waals surface area (Å²) >= 11 is 0. The number of benzene rings is 3. The smallest absolute Gasteiger partial charge is 0.265 e. The molecule has 0 fully saturated rings. The van der Waals surface area contributed by atoms with Gasteiger partial charge >= 0.3 is 0 Å². The summed E-state index contributed by atoms with van der Waals surface area (Å²) in [5.41, 5.74) is 3.65. The van der Waals surface area contributed by atoms with Gasteiger partial charge in [0.05, 0.1) is 29.8 Å². The van der Waals surface area contributed by atoms with E-state index in [9.17, 15) is 18.0 Å². The van der Waals surface area contributed by atoms with Gasteiger partial charge in [0.15, 0.2) is 0 Å². The van der Waals surface area contributed by atoms with Gasteiger partial charge in [-0.15, -0.1) is 0 Å². The third-order valence-corrected chi connectivity index (χ3v) is 8.26. The van der Waals surface area contributed by atoms with Crippen LogP contribution in [0.4, 0.5) is 11.4 Å². The SMILES string of the molecule is COc1ccc(CNC(=O)CC2C(=O)Nc3ccccc3N2S(=O)(=O)c2c(C)cc(C)cc2C)cc1. The number of carbonyl (C=O) groups is 2. The Labute approximate surface area is 211 Å². The highest BCUT2D eigenvalue weighted by molar-refractivity contribution is 7.93. The van der Waals surface area contributed by atoms with Crippen LogP contribution in [-0.2, 0) is 26.2 Å². The fraction of sp³-hybridized carbons (Fsp3) is 0.259. The highest BCUT2D eigenvalue weighted by Gasteiger charge is 2.42. The first-order valence-electron chi connectivity index (χ1n) is 11.5. The zero-order chi connectivity index (χ0) is 26.0. The predicted molar refractivity (Wildman–Crippen MR) is 139 cm³/mol.